The van der Waals surface area contributed by atoms with Gasteiger partial charge in [0.2, 0.25) is 5.91 Å². The maximum Gasteiger partial charge on any atom is 0.326 e. The number of rotatable bonds is 3. The van der Waals surface area contributed by atoms with E-state index in [1.807, 2.05) is 0 Å². The third-order valence-electron chi connectivity index (χ3n) is 3.51. The predicted octanol–water partition coefficient (Wildman–Crippen LogP) is 0.695. The van der Waals surface area contributed by atoms with Crippen molar-refractivity contribution in [2.45, 2.75) is 44.7 Å². The molecule has 1 saturated heterocycles. The van der Waals surface area contributed by atoms with Gasteiger partial charge in [0.1, 0.15) is 24.7 Å². The van der Waals surface area contributed by atoms with Crippen LogP contribution in [-0.2, 0) is 9.59 Å². The number of amides is 1. The van der Waals surface area contributed by atoms with Crippen molar-refractivity contribution < 1.29 is 14.7 Å². The van der Waals surface area contributed by atoms with Gasteiger partial charge in [-0.3, -0.25) is 4.79 Å². The molecule has 19 heavy (non-hydrogen) atoms. The number of nitrogens with zero attached hydrogens (tertiary/aromatic N) is 4. The summed E-state index contributed by atoms with van der Waals surface area (Å²) >= 11 is 0. The molecule has 2 atom stereocenters. The predicted molar refractivity (Wildman–Crippen MR) is 66.3 cm³/mol. The second-order valence-electron chi connectivity index (χ2n) is 4.79. The van der Waals surface area contributed by atoms with E-state index < -0.39 is 18.1 Å². The Morgan fingerprint density at radius 1 is 1.37 bits per heavy atom. The monoisotopic (exact) mass is 266 g/mol. The van der Waals surface area contributed by atoms with Crippen LogP contribution in [-0.4, -0.2) is 49.2 Å². The number of carboxylic acids is 1. The highest BCUT2D eigenvalue weighted by Crippen LogP contribution is 2.20. The fourth-order valence-corrected chi connectivity index (χ4v) is 2.40. The Labute approximate surface area is 111 Å². The van der Waals surface area contributed by atoms with Crippen LogP contribution in [0, 0.1) is 0 Å². The number of aliphatic carboxylic acids is 1. The SMILES string of the molecule is CC(C(=O)N1CCCCCC1C(=O)O)n1cncn1. The van der Waals surface area contributed by atoms with Crippen molar-refractivity contribution in [2.75, 3.05) is 6.54 Å². The molecule has 0 radical (unpaired) electrons. The average Bonchev–Trinajstić information content (AvgIpc) is 2.80. The van der Waals surface area contributed by atoms with E-state index in [1.54, 1.807) is 6.92 Å². The van der Waals surface area contributed by atoms with Crippen LogP contribution in [0.15, 0.2) is 12.7 Å². The normalized spacial score (nSPS) is 21.7. The molecule has 7 nitrogen and oxygen atoms in total. The van der Waals surface area contributed by atoms with Gasteiger partial charge in [-0.25, -0.2) is 14.5 Å². The maximum absolute atomic E-state index is 12.4. The minimum atomic E-state index is -0.930. The van der Waals surface area contributed by atoms with E-state index >= 15 is 0 Å². The molecular formula is C12H18N4O3. The van der Waals surface area contributed by atoms with Gasteiger partial charge in [-0.1, -0.05) is 12.8 Å². The Bertz CT molecular complexity index is 446. The van der Waals surface area contributed by atoms with E-state index in [-0.39, 0.29) is 5.91 Å². The van der Waals surface area contributed by atoms with Gasteiger partial charge in [-0.05, 0) is 19.8 Å². The number of aromatic nitrogens is 3. The topological polar surface area (TPSA) is 88.3 Å². The van der Waals surface area contributed by atoms with Crippen molar-refractivity contribution in [2.24, 2.45) is 0 Å². The van der Waals surface area contributed by atoms with Crippen molar-refractivity contribution >= 4 is 11.9 Å². The first-order chi connectivity index (χ1) is 9.11. The zero-order valence-corrected chi connectivity index (χ0v) is 10.9. The van der Waals surface area contributed by atoms with Crippen LogP contribution >= 0.6 is 0 Å². The third kappa shape index (κ3) is 2.91. The van der Waals surface area contributed by atoms with Crippen molar-refractivity contribution in [1.82, 2.24) is 19.7 Å². The molecule has 1 aromatic heterocycles. The minimum absolute atomic E-state index is 0.209. The molecular weight excluding hydrogens is 248 g/mol. The molecule has 7 heteroatoms. The lowest BCUT2D eigenvalue weighted by atomic mass is 10.1. The summed E-state index contributed by atoms with van der Waals surface area (Å²) in [5.74, 6) is -1.14. The van der Waals surface area contributed by atoms with Crippen LogP contribution in [0.2, 0.25) is 0 Å². The zero-order chi connectivity index (χ0) is 13.8. The average molecular weight is 266 g/mol. The fourth-order valence-electron chi connectivity index (χ4n) is 2.40. The largest absolute Gasteiger partial charge is 0.480 e. The number of carbonyl (C=O) groups is 2. The van der Waals surface area contributed by atoms with E-state index in [2.05, 4.69) is 10.1 Å². The van der Waals surface area contributed by atoms with Gasteiger partial charge >= 0.3 is 5.97 Å². The molecule has 1 amide bonds. The van der Waals surface area contributed by atoms with Crippen LogP contribution in [0.3, 0.4) is 0 Å². The molecule has 0 spiro atoms. The van der Waals surface area contributed by atoms with Crippen molar-refractivity contribution in [3.63, 3.8) is 0 Å². The quantitative estimate of drug-likeness (QED) is 0.869. The van der Waals surface area contributed by atoms with Gasteiger partial charge in [0.05, 0.1) is 0 Å². The molecule has 0 saturated carbocycles. The maximum atomic E-state index is 12.4. The smallest absolute Gasteiger partial charge is 0.326 e. The molecule has 0 aromatic carbocycles. The van der Waals surface area contributed by atoms with Gasteiger partial charge in [0.25, 0.3) is 0 Å². The van der Waals surface area contributed by atoms with Gasteiger partial charge in [0.15, 0.2) is 0 Å². The Kier molecular flexibility index (Phi) is 4.13. The molecule has 2 rings (SSSR count). The summed E-state index contributed by atoms with van der Waals surface area (Å²) in [7, 11) is 0. The van der Waals surface area contributed by atoms with Crippen LogP contribution in [0.5, 0.6) is 0 Å². The summed E-state index contributed by atoms with van der Waals surface area (Å²) in [5.41, 5.74) is 0. The molecule has 1 aliphatic rings. The molecule has 1 aromatic rings. The molecule has 2 heterocycles. The number of hydrogen-bond acceptors (Lipinski definition) is 4. The lowest BCUT2D eigenvalue weighted by Crippen LogP contribution is -2.47. The van der Waals surface area contributed by atoms with Gasteiger partial charge in [-0.2, -0.15) is 5.10 Å². The number of hydrogen-bond donors (Lipinski definition) is 1. The van der Waals surface area contributed by atoms with Gasteiger partial charge < -0.3 is 10.0 Å². The molecule has 1 N–H and O–H groups in total. The standard InChI is InChI=1S/C12H18N4O3/c1-9(16-8-13-7-14-16)11(17)15-6-4-2-3-5-10(15)12(18)19/h7-10H,2-6H2,1H3,(H,18,19). The van der Waals surface area contributed by atoms with E-state index in [9.17, 15) is 14.7 Å². The molecule has 1 aliphatic heterocycles. The van der Waals surface area contributed by atoms with Crippen molar-refractivity contribution in [1.29, 1.82) is 0 Å². The summed E-state index contributed by atoms with van der Waals surface area (Å²) in [6.07, 6.45) is 6.01. The fraction of sp³-hybridized carbons (Fsp3) is 0.667. The van der Waals surface area contributed by atoms with E-state index in [1.165, 1.54) is 22.2 Å². The first-order valence-electron chi connectivity index (χ1n) is 6.48. The summed E-state index contributed by atoms with van der Waals surface area (Å²) in [4.78, 5) is 29.0. The summed E-state index contributed by atoms with van der Waals surface area (Å²) in [6, 6.07) is -1.25. The lowest BCUT2D eigenvalue weighted by molar-refractivity contribution is -0.151. The van der Waals surface area contributed by atoms with E-state index in [0.29, 0.717) is 13.0 Å². The van der Waals surface area contributed by atoms with E-state index in [0.717, 1.165) is 19.3 Å². The zero-order valence-electron chi connectivity index (χ0n) is 10.9. The molecule has 0 aliphatic carbocycles. The van der Waals surface area contributed by atoms with Crippen LogP contribution in [0.25, 0.3) is 0 Å². The Morgan fingerprint density at radius 3 is 2.79 bits per heavy atom. The second kappa shape index (κ2) is 5.81. The summed E-state index contributed by atoms with van der Waals surface area (Å²) in [5, 5.41) is 13.2. The second-order valence-corrected chi connectivity index (χ2v) is 4.79. The third-order valence-corrected chi connectivity index (χ3v) is 3.51. The van der Waals surface area contributed by atoms with Crippen LogP contribution in [0.1, 0.15) is 38.6 Å². The Balaban J connectivity index is 2.16. The number of likely N-dealkylation sites (tertiary alicyclic amines) is 1. The van der Waals surface area contributed by atoms with Crippen LogP contribution < -0.4 is 0 Å². The first kappa shape index (κ1) is 13.5. The van der Waals surface area contributed by atoms with Gasteiger partial charge in [-0.15, -0.1) is 0 Å². The molecule has 1 fully saturated rings. The number of carbonyl (C=O) groups excluding carboxylic acids is 1. The van der Waals surface area contributed by atoms with Gasteiger partial charge in [0, 0.05) is 6.54 Å². The highest BCUT2D eigenvalue weighted by molar-refractivity contribution is 5.85. The van der Waals surface area contributed by atoms with Crippen molar-refractivity contribution in [3.8, 4) is 0 Å². The highest BCUT2D eigenvalue weighted by atomic mass is 16.4. The lowest BCUT2D eigenvalue weighted by Gasteiger charge is -2.29. The first-order valence-corrected chi connectivity index (χ1v) is 6.48. The minimum Gasteiger partial charge on any atom is -0.480 e. The Hall–Kier alpha value is -1.92. The molecule has 2 unspecified atom stereocenters. The molecule has 104 valence electrons. The number of carboxylic acid groups (broad SMARTS) is 1. The highest BCUT2D eigenvalue weighted by Gasteiger charge is 2.33. The summed E-state index contributed by atoms with van der Waals surface area (Å²) in [6.45, 7) is 2.20. The van der Waals surface area contributed by atoms with Crippen LogP contribution in [0.4, 0.5) is 0 Å². The van der Waals surface area contributed by atoms with E-state index in [4.69, 9.17) is 0 Å². The summed E-state index contributed by atoms with van der Waals surface area (Å²) < 4.78 is 1.45. The van der Waals surface area contributed by atoms with Crippen molar-refractivity contribution in [3.05, 3.63) is 12.7 Å². The molecule has 0 bridgehead atoms. The Morgan fingerprint density at radius 2 is 2.16 bits per heavy atom.